The van der Waals surface area contributed by atoms with Crippen LogP contribution in [-0.2, 0) is 25.1 Å². The molecule has 8 heteroatoms. The molecule has 0 bridgehead atoms. The predicted octanol–water partition coefficient (Wildman–Crippen LogP) is 1.58. The monoisotopic (exact) mass is 369 g/mol. The van der Waals surface area contributed by atoms with Crippen LogP contribution in [0.2, 0.25) is 0 Å². The van der Waals surface area contributed by atoms with Crippen molar-refractivity contribution in [3.63, 3.8) is 0 Å². The molecule has 1 aromatic rings. The SMILES string of the molecule is COCCNC(=O)C(C)S(=O)(=O)Cc1ccc(Br)s1. The molecule has 0 aliphatic heterocycles. The maximum absolute atomic E-state index is 12.1. The summed E-state index contributed by atoms with van der Waals surface area (Å²) in [5.41, 5.74) is 0. The number of nitrogens with one attached hydrogen (secondary N) is 1. The van der Waals surface area contributed by atoms with Crippen molar-refractivity contribution in [2.45, 2.75) is 17.9 Å². The van der Waals surface area contributed by atoms with E-state index in [1.807, 2.05) is 0 Å². The van der Waals surface area contributed by atoms with Crippen molar-refractivity contribution >= 4 is 43.0 Å². The minimum atomic E-state index is -3.50. The molecule has 0 radical (unpaired) electrons. The Bertz CT molecular complexity index is 527. The van der Waals surface area contributed by atoms with E-state index in [9.17, 15) is 13.2 Å². The number of hydrogen-bond acceptors (Lipinski definition) is 5. The highest BCUT2D eigenvalue weighted by Crippen LogP contribution is 2.24. The van der Waals surface area contributed by atoms with Gasteiger partial charge in [-0.2, -0.15) is 0 Å². The van der Waals surface area contributed by atoms with Gasteiger partial charge < -0.3 is 10.1 Å². The van der Waals surface area contributed by atoms with Crippen molar-refractivity contribution < 1.29 is 17.9 Å². The van der Waals surface area contributed by atoms with Crippen LogP contribution in [0.4, 0.5) is 0 Å². The van der Waals surface area contributed by atoms with Crippen LogP contribution in [0.5, 0.6) is 0 Å². The lowest BCUT2D eigenvalue weighted by atomic mass is 10.4. The molecule has 1 unspecified atom stereocenters. The summed E-state index contributed by atoms with van der Waals surface area (Å²) in [4.78, 5) is 12.4. The Kier molecular flexibility index (Phi) is 6.45. The van der Waals surface area contributed by atoms with Crippen LogP contribution in [0.15, 0.2) is 15.9 Å². The average molecular weight is 370 g/mol. The van der Waals surface area contributed by atoms with Crippen LogP contribution in [0.1, 0.15) is 11.8 Å². The molecular formula is C11H16BrNO4S2. The highest BCUT2D eigenvalue weighted by atomic mass is 79.9. The van der Waals surface area contributed by atoms with Gasteiger partial charge in [0.25, 0.3) is 0 Å². The standard InChI is InChI=1S/C11H16BrNO4S2/c1-8(11(14)13-5-6-17-2)19(15,16)7-9-3-4-10(12)18-9/h3-4,8H,5-7H2,1-2H3,(H,13,14). The van der Waals surface area contributed by atoms with Gasteiger partial charge in [0, 0.05) is 18.5 Å². The first-order valence-electron chi connectivity index (χ1n) is 5.59. The van der Waals surface area contributed by atoms with Gasteiger partial charge in [-0.25, -0.2) is 8.42 Å². The molecule has 0 fully saturated rings. The fourth-order valence-corrected chi connectivity index (χ4v) is 4.50. The normalized spacial score (nSPS) is 13.2. The van der Waals surface area contributed by atoms with Crippen LogP contribution in [0.3, 0.4) is 0 Å². The second-order valence-electron chi connectivity index (χ2n) is 3.94. The molecule has 1 rings (SSSR count). The van der Waals surface area contributed by atoms with E-state index in [1.165, 1.54) is 25.4 Å². The first-order valence-corrected chi connectivity index (χ1v) is 8.91. The average Bonchev–Trinajstić information content (AvgIpc) is 2.73. The van der Waals surface area contributed by atoms with Crippen molar-refractivity contribution in [2.24, 2.45) is 0 Å². The quantitative estimate of drug-likeness (QED) is 0.740. The Balaban J connectivity index is 2.63. The fourth-order valence-electron chi connectivity index (χ4n) is 1.34. The van der Waals surface area contributed by atoms with Gasteiger partial charge in [-0.15, -0.1) is 11.3 Å². The van der Waals surface area contributed by atoms with Crippen molar-refractivity contribution in [1.29, 1.82) is 0 Å². The van der Waals surface area contributed by atoms with Gasteiger partial charge in [-0.05, 0) is 35.0 Å². The summed E-state index contributed by atoms with van der Waals surface area (Å²) in [5.74, 6) is -0.616. The Hall–Kier alpha value is -0.440. The number of amides is 1. The third-order valence-electron chi connectivity index (χ3n) is 2.49. The van der Waals surface area contributed by atoms with Crippen LogP contribution in [0, 0.1) is 0 Å². The van der Waals surface area contributed by atoms with Gasteiger partial charge in [0.15, 0.2) is 9.84 Å². The molecule has 0 saturated heterocycles. The van der Waals surface area contributed by atoms with E-state index in [2.05, 4.69) is 21.2 Å². The van der Waals surface area contributed by atoms with Crippen LogP contribution >= 0.6 is 27.3 Å². The molecule has 1 N–H and O–H groups in total. The van der Waals surface area contributed by atoms with Crippen molar-refractivity contribution in [3.05, 3.63) is 20.8 Å². The molecule has 0 spiro atoms. The molecule has 108 valence electrons. The summed E-state index contributed by atoms with van der Waals surface area (Å²) in [6.45, 7) is 2.07. The van der Waals surface area contributed by atoms with E-state index in [4.69, 9.17) is 4.74 Å². The van der Waals surface area contributed by atoms with Gasteiger partial charge in [-0.1, -0.05) is 0 Å². The lowest BCUT2D eigenvalue weighted by Crippen LogP contribution is -2.39. The number of ether oxygens (including phenoxy) is 1. The van der Waals surface area contributed by atoms with E-state index in [1.54, 1.807) is 12.1 Å². The van der Waals surface area contributed by atoms with Crippen LogP contribution in [0.25, 0.3) is 0 Å². The number of methoxy groups -OCH3 is 1. The Morgan fingerprint density at radius 3 is 2.74 bits per heavy atom. The maximum atomic E-state index is 12.1. The zero-order valence-electron chi connectivity index (χ0n) is 10.7. The van der Waals surface area contributed by atoms with Crippen LogP contribution in [-0.4, -0.2) is 39.8 Å². The summed E-state index contributed by atoms with van der Waals surface area (Å²) in [5, 5.41) is 1.47. The van der Waals surface area contributed by atoms with Gasteiger partial charge in [0.2, 0.25) is 5.91 Å². The number of sulfone groups is 1. The first-order chi connectivity index (χ1) is 8.86. The van der Waals surface area contributed by atoms with E-state index in [-0.39, 0.29) is 5.75 Å². The summed E-state index contributed by atoms with van der Waals surface area (Å²) < 4.78 is 29.8. The molecule has 1 atom stereocenters. The van der Waals surface area contributed by atoms with Gasteiger partial charge >= 0.3 is 0 Å². The summed E-state index contributed by atoms with van der Waals surface area (Å²) in [6, 6.07) is 3.53. The predicted molar refractivity (Wildman–Crippen MR) is 79.0 cm³/mol. The first kappa shape index (κ1) is 16.6. The highest BCUT2D eigenvalue weighted by molar-refractivity contribution is 9.11. The molecule has 0 aliphatic rings. The van der Waals surface area contributed by atoms with E-state index in [0.29, 0.717) is 18.0 Å². The lowest BCUT2D eigenvalue weighted by molar-refractivity contribution is -0.120. The smallest absolute Gasteiger partial charge is 0.238 e. The third-order valence-corrected chi connectivity index (χ3v) is 6.30. The van der Waals surface area contributed by atoms with Gasteiger partial charge in [0.1, 0.15) is 5.25 Å². The van der Waals surface area contributed by atoms with Gasteiger partial charge in [-0.3, -0.25) is 4.79 Å². The van der Waals surface area contributed by atoms with Crippen LogP contribution < -0.4 is 5.32 Å². The molecule has 1 aromatic heterocycles. The minimum absolute atomic E-state index is 0.123. The number of halogens is 1. The lowest BCUT2D eigenvalue weighted by Gasteiger charge is -2.12. The Morgan fingerprint density at radius 1 is 1.53 bits per heavy atom. The summed E-state index contributed by atoms with van der Waals surface area (Å²) >= 11 is 4.63. The molecule has 0 aromatic carbocycles. The number of rotatable bonds is 7. The van der Waals surface area contributed by atoms with E-state index in [0.717, 1.165) is 3.79 Å². The maximum Gasteiger partial charge on any atom is 0.238 e. The zero-order chi connectivity index (χ0) is 14.5. The molecule has 0 saturated carbocycles. The van der Waals surface area contributed by atoms with E-state index < -0.39 is 21.0 Å². The van der Waals surface area contributed by atoms with Gasteiger partial charge in [0.05, 0.1) is 16.1 Å². The molecule has 1 amide bonds. The number of hydrogen-bond donors (Lipinski definition) is 1. The second-order valence-corrected chi connectivity index (χ2v) is 8.81. The summed E-state index contributed by atoms with van der Waals surface area (Å²) in [6.07, 6.45) is 0. The second kappa shape index (κ2) is 7.37. The van der Waals surface area contributed by atoms with Crippen molar-refractivity contribution in [3.8, 4) is 0 Å². The number of carbonyl (C=O) groups is 1. The molecule has 0 aliphatic carbocycles. The van der Waals surface area contributed by atoms with Crippen molar-refractivity contribution in [2.75, 3.05) is 20.3 Å². The topological polar surface area (TPSA) is 72.5 Å². The minimum Gasteiger partial charge on any atom is -0.383 e. The number of thiophene rings is 1. The Morgan fingerprint density at radius 2 is 2.21 bits per heavy atom. The Labute approximate surface area is 125 Å². The molecule has 5 nitrogen and oxygen atoms in total. The number of carbonyl (C=O) groups excluding carboxylic acids is 1. The fraction of sp³-hybridized carbons (Fsp3) is 0.545. The third kappa shape index (κ3) is 5.21. The molecule has 19 heavy (non-hydrogen) atoms. The molecule has 1 heterocycles. The largest absolute Gasteiger partial charge is 0.383 e. The molecular weight excluding hydrogens is 354 g/mol. The van der Waals surface area contributed by atoms with Crippen molar-refractivity contribution in [1.82, 2.24) is 5.32 Å². The van der Waals surface area contributed by atoms with E-state index >= 15 is 0 Å². The zero-order valence-corrected chi connectivity index (χ0v) is 13.9. The highest BCUT2D eigenvalue weighted by Gasteiger charge is 2.28. The summed E-state index contributed by atoms with van der Waals surface area (Å²) in [7, 11) is -1.98.